The highest BCUT2D eigenvalue weighted by Gasteiger charge is 2.18. The lowest BCUT2D eigenvalue weighted by Crippen LogP contribution is -1.91. The fraction of sp³-hybridized carbons (Fsp3) is 0. The van der Waals surface area contributed by atoms with Gasteiger partial charge in [-0.25, -0.2) is 0 Å². The Morgan fingerprint density at radius 1 is 0.200 bits per heavy atom. The summed E-state index contributed by atoms with van der Waals surface area (Å²) in [4.78, 5) is 0. The Balaban J connectivity index is 1.19. The van der Waals surface area contributed by atoms with Crippen LogP contribution in [0.2, 0.25) is 0 Å². The molecule has 0 unspecified atom stereocenters. The van der Waals surface area contributed by atoms with Gasteiger partial charge in [0.1, 0.15) is 0 Å². The van der Waals surface area contributed by atoms with E-state index in [0.717, 1.165) is 0 Å². The molecule has 0 radical (unpaired) electrons. The summed E-state index contributed by atoms with van der Waals surface area (Å²) in [7, 11) is 0. The zero-order chi connectivity index (χ0) is 33.0. The van der Waals surface area contributed by atoms with Crippen LogP contribution in [0.3, 0.4) is 0 Å². The van der Waals surface area contributed by atoms with Crippen molar-refractivity contribution in [1.29, 1.82) is 0 Å². The third kappa shape index (κ3) is 4.61. The summed E-state index contributed by atoms with van der Waals surface area (Å²) in [5, 5.41) is 12.7. The molecular weight excluding hydrogens is 601 g/mol. The van der Waals surface area contributed by atoms with Crippen molar-refractivity contribution in [2.75, 3.05) is 0 Å². The summed E-state index contributed by atoms with van der Waals surface area (Å²) in [6, 6.07) is 71.3. The highest BCUT2D eigenvalue weighted by molar-refractivity contribution is 6.23. The van der Waals surface area contributed by atoms with Gasteiger partial charge in [-0.1, -0.05) is 170 Å². The van der Waals surface area contributed by atoms with E-state index in [4.69, 9.17) is 0 Å². The van der Waals surface area contributed by atoms with Crippen LogP contribution >= 0.6 is 0 Å². The lowest BCUT2D eigenvalue weighted by Gasteiger charge is -2.19. The molecule has 0 saturated heterocycles. The second-order valence-electron chi connectivity index (χ2n) is 13.3. The van der Waals surface area contributed by atoms with Gasteiger partial charge in [-0.3, -0.25) is 0 Å². The van der Waals surface area contributed by atoms with Gasteiger partial charge in [0, 0.05) is 0 Å². The molecule has 0 N–H and O–H groups in total. The van der Waals surface area contributed by atoms with Gasteiger partial charge in [-0.2, -0.15) is 0 Å². The molecule has 0 spiro atoms. The Morgan fingerprint density at radius 2 is 0.620 bits per heavy atom. The maximum absolute atomic E-state index is 2.42. The van der Waals surface area contributed by atoms with Crippen LogP contribution < -0.4 is 0 Å². The zero-order valence-electron chi connectivity index (χ0n) is 27.5. The molecule has 10 aromatic rings. The summed E-state index contributed by atoms with van der Waals surface area (Å²) >= 11 is 0. The summed E-state index contributed by atoms with van der Waals surface area (Å²) in [5.41, 5.74) is 10.0. The first-order valence-corrected chi connectivity index (χ1v) is 17.3. The molecular formula is C50H32. The fourth-order valence-corrected chi connectivity index (χ4v) is 8.08. The third-order valence-electron chi connectivity index (χ3n) is 10.4. The van der Waals surface area contributed by atoms with Crippen molar-refractivity contribution >= 4 is 53.9 Å². The van der Waals surface area contributed by atoms with E-state index in [1.54, 1.807) is 0 Å². The molecule has 10 aromatic carbocycles. The maximum atomic E-state index is 2.42. The predicted octanol–water partition coefficient (Wildman–Crippen LogP) is 14.1. The minimum Gasteiger partial charge on any atom is -0.0622 e. The van der Waals surface area contributed by atoms with Crippen molar-refractivity contribution in [2.24, 2.45) is 0 Å². The smallest absolute Gasteiger partial charge is 0.00261 e. The van der Waals surface area contributed by atoms with E-state index in [1.807, 2.05) is 0 Å². The van der Waals surface area contributed by atoms with Crippen molar-refractivity contribution in [3.63, 3.8) is 0 Å². The van der Waals surface area contributed by atoms with E-state index in [1.165, 1.54) is 98.4 Å². The second kappa shape index (κ2) is 11.6. The first kappa shape index (κ1) is 28.5. The maximum Gasteiger partial charge on any atom is -0.00261 e. The Morgan fingerprint density at radius 3 is 1.20 bits per heavy atom. The largest absolute Gasteiger partial charge is 0.0622 e. The summed E-state index contributed by atoms with van der Waals surface area (Å²) in [5.74, 6) is 0. The van der Waals surface area contributed by atoms with Gasteiger partial charge in [0.2, 0.25) is 0 Å². The van der Waals surface area contributed by atoms with Gasteiger partial charge in [0.15, 0.2) is 0 Å². The quantitative estimate of drug-likeness (QED) is 0.134. The molecule has 0 aliphatic heterocycles. The molecule has 0 aliphatic carbocycles. The first-order chi connectivity index (χ1) is 24.8. The number of benzene rings is 10. The van der Waals surface area contributed by atoms with E-state index in [2.05, 4.69) is 194 Å². The fourth-order valence-electron chi connectivity index (χ4n) is 8.08. The second-order valence-corrected chi connectivity index (χ2v) is 13.3. The molecule has 0 aliphatic rings. The van der Waals surface area contributed by atoms with E-state index < -0.39 is 0 Å². The molecule has 10 rings (SSSR count). The number of hydrogen-bond donors (Lipinski definition) is 0. The molecule has 0 heteroatoms. The van der Waals surface area contributed by atoms with E-state index >= 15 is 0 Å². The highest BCUT2D eigenvalue weighted by atomic mass is 14.2. The Hall–Kier alpha value is -6.50. The van der Waals surface area contributed by atoms with Crippen LogP contribution in [0, 0.1) is 0 Å². The van der Waals surface area contributed by atoms with Crippen molar-refractivity contribution < 1.29 is 0 Å². The van der Waals surface area contributed by atoms with E-state index in [0.29, 0.717) is 0 Å². The first-order valence-electron chi connectivity index (χ1n) is 17.3. The third-order valence-corrected chi connectivity index (χ3v) is 10.4. The van der Waals surface area contributed by atoms with E-state index in [9.17, 15) is 0 Å². The lowest BCUT2D eigenvalue weighted by atomic mass is 9.84. The van der Waals surface area contributed by atoms with Gasteiger partial charge in [-0.05, 0) is 123 Å². The molecule has 0 bridgehead atoms. The Kier molecular flexibility index (Phi) is 6.60. The average Bonchev–Trinajstić information content (AvgIpc) is 3.19. The Bertz CT molecular complexity index is 2840. The highest BCUT2D eigenvalue weighted by Crippen LogP contribution is 2.45. The van der Waals surface area contributed by atoms with Crippen LogP contribution in [0.25, 0.3) is 98.4 Å². The molecule has 0 amide bonds. The molecule has 50 heavy (non-hydrogen) atoms. The van der Waals surface area contributed by atoms with Crippen LogP contribution in [-0.2, 0) is 0 Å². The van der Waals surface area contributed by atoms with Gasteiger partial charge >= 0.3 is 0 Å². The van der Waals surface area contributed by atoms with Gasteiger partial charge < -0.3 is 0 Å². The SMILES string of the molecule is c1ccc(-c2ccc3cc(-c4c5ccccc5c(-c5ccc6cc(-c7ccccc7)c7ccccc7c6c5)c5ccccc45)ccc3c2)cc1. The molecule has 232 valence electrons. The van der Waals surface area contributed by atoms with Crippen molar-refractivity contribution in [3.8, 4) is 44.5 Å². The molecule has 0 atom stereocenters. The summed E-state index contributed by atoms with van der Waals surface area (Å²) in [6.07, 6.45) is 0. The van der Waals surface area contributed by atoms with E-state index in [-0.39, 0.29) is 0 Å². The van der Waals surface area contributed by atoms with Crippen molar-refractivity contribution in [2.45, 2.75) is 0 Å². The number of hydrogen-bond acceptors (Lipinski definition) is 0. The Labute approximate surface area is 291 Å². The molecule has 0 fully saturated rings. The monoisotopic (exact) mass is 632 g/mol. The van der Waals surface area contributed by atoms with Crippen LogP contribution in [0.4, 0.5) is 0 Å². The normalized spacial score (nSPS) is 11.6. The van der Waals surface area contributed by atoms with Crippen molar-refractivity contribution in [3.05, 3.63) is 194 Å². The van der Waals surface area contributed by atoms with Gasteiger partial charge in [-0.15, -0.1) is 0 Å². The predicted molar refractivity (Wildman–Crippen MR) is 216 cm³/mol. The minimum atomic E-state index is 1.24. The van der Waals surface area contributed by atoms with Crippen molar-refractivity contribution in [1.82, 2.24) is 0 Å². The van der Waals surface area contributed by atoms with Gasteiger partial charge in [0.25, 0.3) is 0 Å². The number of fused-ring (bicyclic) bond motifs is 6. The molecule has 0 aromatic heterocycles. The molecule has 0 nitrogen and oxygen atoms in total. The van der Waals surface area contributed by atoms with Gasteiger partial charge in [0.05, 0.1) is 0 Å². The summed E-state index contributed by atoms with van der Waals surface area (Å²) in [6.45, 7) is 0. The number of rotatable bonds is 4. The van der Waals surface area contributed by atoms with Crippen LogP contribution in [0.15, 0.2) is 194 Å². The standard InChI is InChI=1S/C50H32/c1-3-13-33(14-4-1)35-23-24-37-30-39(27-25-36(37)29-35)49-43-19-9-11-21-45(43)50(46-22-12-10-20-44(46)49)40-28-26-38-31-47(34-15-5-2-6-16-34)41-17-7-8-18-42(41)48(38)32-40/h1-32H. The molecule has 0 heterocycles. The molecule has 0 saturated carbocycles. The average molecular weight is 633 g/mol. The summed E-state index contributed by atoms with van der Waals surface area (Å²) < 4.78 is 0. The minimum absolute atomic E-state index is 1.24. The topological polar surface area (TPSA) is 0 Å². The zero-order valence-corrected chi connectivity index (χ0v) is 27.5. The van der Waals surface area contributed by atoms with Crippen LogP contribution in [0.5, 0.6) is 0 Å². The lowest BCUT2D eigenvalue weighted by molar-refractivity contribution is 1.64. The van der Waals surface area contributed by atoms with Crippen LogP contribution in [-0.4, -0.2) is 0 Å². The van der Waals surface area contributed by atoms with Crippen LogP contribution in [0.1, 0.15) is 0 Å².